The van der Waals surface area contributed by atoms with Gasteiger partial charge in [0.25, 0.3) is 0 Å². The van der Waals surface area contributed by atoms with Crippen LogP contribution in [0, 0.1) is 16.7 Å². The van der Waals surface area contributed by atoms with Gasteiger partial charge in [-0.3, -0.25) is 14.4 Å². The summed E-state index contributed by atoms with van der Waals surface area (Å²) in [6.45, 7) is 6.34. The van der Waals surface area contributed by atoms with E-state index in [0.717, 1.165) is 0 Å². The van der Waals surface area contributed by atoms with Crippen LogP contribution in [0.15, 0.2) is 0 Å². The van der Waals surface area contributed by atoms with Gasteiger partial charge in [0.15, 0.2) is 0 Å². The lowest BCUT2D eigenvalue weighted by molar-refractivity contribution is -0.164. The number of hydrogen-bond acceptors (Lipinski definition) is 8. The van der Waals surface area contributed by atoms with E-state index in [1.54, 1.807) is 20.8 Å². The molecule has 0 aromatic carbocycles. The van der Waals surface area contributed by atoms with Crippen molar-refractivity contribution in [2.24, 2.45) is 16.7 Å². The lowest BCUT2D eigenvalue weighted by Crippen LogP contribution is -2.41. The number of ether oxygens (including phenoxy) is 2. The van der Waals surface area contributed by atoms with Crippen LogP contribution in [0.25, 0.3) is 0 Å². The molecular weight excluding hydrogens is 376 g/mol. The van der Waals surface area contributed by atoms with Gasteiger partial charge in [-0.2, -0.15) is 0 Å². The predicted octanol–water partition coefficient (Wildman–Crippen LogP) is 0.932. The third kappa shape index (κ3) is 8.37. The summed E-state index contributed by atoms with van der Waals surface area (Å²) in [7, 11) is -2.97. The molecule has 3 atom stereocenters. The van der Waals surface area contributed by atoms with Crippen molar-refractivity contribution in [3.05, 3.63) is 0 Å². The molecule has 0 amide bonds. The second kappa shape index (κ2) is 10.2. The summed E-state index contributed by atoms with van der Waals surface area (Å²) in [5, 5.41) is 9.17. The molecule has 0 saturated heterocycles. The maximum Gasteiger partial charge on any atom is 0.492 e. The van der Waals surface area contributed by atoms with Crippen molar-refractivity contribution >= 4 is 26.7 Å². The fraction of sp³-hybridized carbons (Fsp3) is 0.824. The lowest BCUT2D eigenvalue weighted by atomic mass is 9.68. The monoisotopic (exact) mass is 408 g/mol. The SMILES string of the molecule is CCC(C)(CC(C)(CC(C)C(=O)O)C(=O)OC)C(=O)OCCC[Si](O)(O)O. The smallest absolute Gasteiger partial charge is 0.481 e. The highest BCUT2D eigenvalue weighted by molar-refractivity contribution is 6.56. The molecular formula is C17H32O9Si. The van der Waals surface area contributed by atoms with Crippen molar-refractivity contribution in [2.45, 2.75) is 59.4 Å². The number of aliphatic carboxylic acids is 1. The molecule has 0 bridgehead atoms. The molecule has 0 aliphatic rings. The van der Waals surface area contributed by atoms with E-state index in [0.29, 0.717) is 6.42 Å². The van der Waals surface area contributed by atoms with Gasteiger partial charge < -0.3 is 29.0 Å². The van der Waals surface area contributed by atoms with Gasteiger partial charge in [-0.1, -0.05) is 13.8 Å². The Balaban J connectivity index is 5.23. The van der Waals surface area contributed by atoms with Gasteiger partial charge in [-0.25, -0.2) is 0 Å². The van der Waals surface area contributed by atoms with Crippen LogP contribution in [0.4, 0.5) is 0 Å². The molecule has 0 heterocycles. The standard InChI is InChI=1S/C17H32O9Si/c1-6-16(3,15(21)26-8-7-9-27(22,23)24)11-17(4,14(20)25-5)10-12(2)13(18)19/h12,22-24H,6-11H2,1-5H3,(H,18,19). The molecule has 0 spiro atoms. The number of rotatable bonds is 12. The number of hydrogen-bond donors (Lipinski definition) is 4. The zero-order chi connectivity index (χ0) is 21.5. The van der Waals surface area contributed by atoms with Gasteiger partial charge in [0.05, 0.1) is 30.5 Å². The first-order valence-electron chi connectivity index (χ1n) is 8.86. The van der Waals surface area contributed by atoms with E-state index >= 15 is 0 Å². The minimum atomic E-state index is -4.18. The van der Waals surface area contributed by atoms with Crippen LogP contribution in [0.5, 0.6) is 0 Å². The number of carbonyl (C=O) groups excluding carboxylic acids is 2. The van der Waals surface area contributed by atoms with Crippen LogP contribution >= 0.6 is 0 Å². The molecule has 9 nitrogen and oxygen atoms in total. The quantitative estimate of drug-likeness (QED) is 0.210. The van der Waals surface area contributed by atoms with Crippen molar-refractivity contribution in [3.8, 4) is 0 Å². The van der Waals surface area contributed by atoms with Gasteiger partial charge in [0.2, 0.25) is 0 Å². The molecule has 27 heavy (non-hydrogen) atoms. The van der Waals surface area contributed by atoms with Crippen molar-refractivity contribution < 1.29 is 43.4 Å². The summed E-state index contributed by atoms with van der Waals surface area (Å²) >= 11 is 0. The van der Waals surface area contributed by atoms with Crippen LogP contribution < -0.4 is 0 Å². The third-order valence-electron chi connectivity index (χ3n) is 4.80. The largest absolute Gasteiger partial charge is 0.492 e. The molecule has 0 radical (unpaired) electrons. The highest BCUT2D eigenvalue weighted by Crippen LogP contribution is 2.42. The van der Waals surface area contributed by atoms with Gasteiger partial charge >= 0.3 is 26.7 Å². The number of methoxy groups -OCH3 is 1. The van der Waals surface area contributed by atoms with Crippen molar-refractivity contribution in [2.75, 3.05) is 13.7 Å². The van der Waals surface area contributed by atoms with E-state index in [1.807, 2.05) is 0 Å². The summed E-state index contributed by atoms with van der Waals surface area (Å²) in [6, 6.07) is -0.251. The number of carboxylic acids is 1. The summed E-state index contributed by atoms with van der Waals surface area (Å²) in [6.07, 6.45) is 0.480. The highest BCUT2D eigenvalue weighted by Gasteiger charge is 2.46. The Bertz CT molecular complexity index is 531. The molecule has 0 aliphatic carbocycles. The van der Waals surface area contributed by atoms with Gasteiger partial charge in [-0.05, 0) is 39.5 Å². The number of esters is 2. The number of carboxylic acid groups (broad SMARTS) is 1. The molecule has 0 saturated carbocycles. The van der Waals surface area contributed by atoms with Crippen LogP contribution in [0.3, 0.4) is 0 Å². The maximum atomic E-state index is 12.6. The molecule has 4 N–H and O–H groups in total. The molecule has 0 fully saturated rings. The Kier molecular flexibility index (Phi) is 9.60. The molecule has 158 valence electrons. The fourth-order valence-corrected chi connectivity index (χ4v) is 3.71. The first-order valence-corrected chi connectivity index (χ1v) is 10.9. The molecule has 0 rings (SSSR count). The second-order valence-electron chi connectivity index (χ2n) is 7.60. The van der Waals surface area contributed by atoms with E-state index in [4.69, 9.17) is 23.9 Å². The molecule has 0 aromatic heterocycles. The third-order valence-corrected chi connectivity index (χ3v) is 5.82. The predicted molar refractivity (Wildman–Crippen MR) is 97.3 cm³/mol. The van der Waals surface area contributed by atoms with E-state index in [2.05, 4.69) is 0 Å². The highest BCUT2D eigenvalue weighted by atomic mass is 28.4. The van der Waals surface area contributed by atoms with Crippen LogP contribution in [0.2, 0.25) is 6.04 Å². The second-order valence-corrected chi connectivity index (χ2v) is 9.65. The lowest BCUT2D eigenvalue weighted by Gasteiger charge is -2.36. The fourth-order valence-electron chi connectivity index (χ4n) is 3.09. The maximum absolute atomic E-state index is 12.6. The van der Waals surface area contributed by atoms with E-state index in [1.165, 1.54) is 14.0 Å². The van der Waals surface area contributed by atoms with Gasteiger partial charge in [-0.15, -0.1) is 0 Å². The Labute approximate surface area is 160 Å². The minimum Gasteiger partial charge on any atom is -0.481 e. The summed E-state index contributed by atoms with van der Waals surface area (Å²) in [5.74, 6) is -3.03. The van der Waals surface area contributed by atoms with Crippen LogP contribution in [-0.4, -0.2) is 59.9 Å². The van der Waals surface area contributed by atoms with E-state index < -0.39 is 43.5 Å². The number of carbonyl (C=O) groups is 3. The Morgan fingerprint density at radius 2 is 1.63 bits per heavy atom. The van der Waals surface area contributed by atoms with E-state index in [9.17, 15) is 19.5 Å². The first-order chi connectivity index (χ1) is 12.2. The summed E-state index contributed by atoms with van der Waals surface area (Å²) in [4.78, 5) is 63.0. The minimum absolute atomic E-state index is 0.00549. The normalized spacial score (nSPS) is 17.3. The van der Waals surface area contributed by atoms with Crippen LogP contribution in [-0.2, 0) is 23.9 Å². The van der Waals surface area contributed by atoms with E-state index in [-0.39, 0.29) is 31.9 Å². The zero-order valence-electron chi connectivity index (χ0n) is 16.7. The Morgan fingerprint density at radius 3 is 2.04 bits per heavy atom. The van der Waals surface area contributed by atoms with Crippen molar-refractivity contribution in [1.29, 1.82) is 0 Å². The Morgan fingerprint density at radius 1 is 1.07 bits per heavy atom. The molecule has 10 heteroatoms. The van der Waals surface area contributed by atoms with Gasteiger partial charge in [0, 0.05) is 6.04 Å². The molecule has 0 aliphatic heterocycles. The topological polar surface area (TPSA) is 151 Å². The first kappa shape index (κ1) is 25.5. The summed E-state index contributed by atoms with van der Waals surface area (Å²) in [5.41, 5.74) is -2.26. The summed E-state index contributed by atoms with van der Waals surface area (Å²) < 4.78 is 10.0. The van der Waals surface area contributed by atoms with Crippen molar-refractivity contribution in [3.63, 3.8) is 0 Å². The average molecular weight is 409 g/mol. The zero-order valence-corrected chi connectivity index (χ0v) is 17.7. The Hall–Kier alpha value is -1.49. The molecule has 0 aromatic rings. The average Bonchev–Trinajstić information content (AvgIpc) is 2.56. The van der Waals surface area contributed by atoms with Crippen LogP contribution in [0.1, 0.15) is 53.4 Å². The van der Waals surface area contributed by atoms with Crippen molar-refractivity contribution in [1.82, 2.24) is 0 Å². The van der Waals surface area contributed by atoms with Gasteiger partial charge in [0.1, 0.15) is 0 Å². The molecule has 3 unspecified atom stereocenters.